The monoisotopic (exact) mass is 885 g/mol. The van der Waals surface area contributed by atoms with Crippen LogP contribution in [0.3, 0.4) is 0 Å². The van der Waals surface area contributed by atoms with Gasteiger partial charge in [0.1, 0.15) is 11.2 Å². The van der Waals surface area contributed by atoms with Crippen LogP contribution in [0.25, 0.3) is 142 Å². The molecule has 316 valence electrons. The topological polar surface area (TPSA) is 61.7 Å². The molecule has 68 heavy (non-hydrogen) atoms. The molecule has 0 bridgehead atoms. The third-order valence-electron chi connectivity index (χ3n) is 13.7. The highest BCUT2D eigenvalue weighted by Gasteiger charge is 2.25. The van der Waals surface area contributed by atoms with Gasteiger partial charge in [-0.3, -0.25) is 0 Å². The Hall–Kier alpha value is -8.91. The SMILES string of the molecule is c1ccc(-n2c3ccccc3c3cc(-c4nc(-c5ccc6c(c5)sc5ccccc56)nc(-c5ccc6oc7ccccc7c6c5-n5c6ccccc6c6cc7ccccc7cc65)n4)ccc32)cc1. The molecule has 0 aliphatic heterocycles. The molecule has 10 aromatic carbocycles. The molecule has 0 N–H and O–H groups in total. The van der Waals surface area contributed by atoms with Crippen LogP contribution < -0.4 is 0 Å². The highest BCUT2D eigenvalue weighted by molar-refractivity contribution is 7.25. The van der Waals surface area contributed by atoms with E-state index in [0.717, 1.165) is 82.8 Å². The molecule has 0 saturated heterocycles. The van der Waals surface area contributed by atoms with Gasteiger partial charge >= 0.3 is 0 Å². The maximum atomic E-state index is 6.67. The van der Waals surface area contributed by atoms with Crippen molar-refractivity contribution in [2.24, 2.45) is 0 Å². The fourth-order valence-corrected chi connectivity index (χ4v) is 11.8. The first kappa shape index (κ1) is 37.3. The van der Waals surface area contributed by atoms with Gasteiger partial charge in [0.15, 0.2) is 17.5 Å². The number of benzene rings is 10. The number of rotatable bonds is 5. The first-order valence-corrected chi connectivity index (χ1v) is 23.7. The Bertz CT molecular complexity index is 4580. The van der Waals surface area contributed by atoms with Crippen molar-refractivity contribution in [2.45, 2.75) is 0 Å². The molecular weight excluding hydrogens is 851 g/mol. The van der Waals surface area contributed by atoms with Gasteiger partial charge in [-0.05, 0) is 95.7 Å². The van der Waals surface area contributed by atoms with Crippen LogP contribution >= 0.6 is 11.3 Å². The summed E-state index contributed by atoms with van der Waals surface area (Å²) in [5.41, 5.74) is 10.8. The zero-order valence-electron chi connectivity index (χ0n) is 36.3. The van der Waals surface area contributed by atoms with Crippen molar-refractivity contribution in [3.63, 3.8) is 0 Å². The molecule has 0 fully saturated rings. The van der Waals surface area contributed by atoms with Crippen molar-refractivity contribution in [3.05, 3.63) is 212 Å². The average Bonchev–Trinajstić information content (AvgIpc) is 4.15. The molecule has 0 radical (unpaired) electrons. The largest absolute Gasteiger partial charge is 0.456 e. The van der Waals surface area contributed by atoms with Crippen LogP contribution in [0.1, 0.15) is 0 Å². The first-order valence-electron chi connectivity index (χ1n) is 22.8. The van der Waals surface area contributed by atoms with E-state index in [4.69, 9.17) is 19.4 Å². The zero-order valence-corrected chi connectivity index (χ0v) is 37.1. The van der Waals surface area contributed by atoms with Crippen molar-refractivity contribution >= 4 is 108 Å². The Kier molecular flexibility index (Phi) is 7.85. The quantitative estimate of drug-likeness (QED) is 0.173. The number of nitrogens with zero attached hydrogens (tertiary/aromatic N) is 5. The van der Waals surface area contributed by atoms with Gasteiger partial charge in [-0.2, -0.15) is 0 Å². The van der Waals surface area contributed by atoms with Crippen molar-refractivity contribution in [2.75, 3.05) is 0 Å². The molecule has 5 aromatic heterocycles. The number of para-hydroxylation sites is 4. The highest BCUT2D eigenvalue weighted by Crippen LogP contribution is 2.45. The number of furan rings is 1. The van der Waals surface area contributed by atoms with Crippen molar-refractivity contribution in [1.29, 1.82) is 0 Å². The fourth-order valence-electron chi connectivity index (χ4n) is 10.7. The summed E-state index contributed by atoms with van der Waals surface area (Å²) in [6.45, 7) is 0. The molecule has 15 aromatic rings. The normalized spacial score (nSPS) is 12.1. The lowest BCUT2D eigenvalue weighted by molar-refractivity contribution is 0.669. The Balaban J connectivity index is 1.04. The van der Waals surface area contributed by atoms with Gasteiger partial charge in [-0.15, -0.1) is 11.3 Å². The number of hydrogen-bond donors (Lipinski definition) is 0. The van der Waals surface area contributed by atoms with Gasteiger partial charge in [-0.25, -0.2) is 15.0 Å². The van der Waals surface area contributed by atoms with Crippen LogP contribution in [0.4, 0.5) is 0 Å². The van der Waals surface area contributed by atoms with E-state index in [1.165, 1.54) is 41.7 Å². The van der Waals surface area contributed by atoms with Crippen molar-refractivity contribution in [3.8, 4) is 45.5 Å². The van der Waals surface area contributed by atoms with Gasteiger partial charge < -0.3 is 13.6 Å². The second kappa shape index (κ2) is 14.3. The number of thiophene rings is 1. The molecule has 0 aliphatic carbocycles. The first-order chi connectivity index (χ1) is 33.7. The van der Waals surface area contributed by atoms with Crippen molar-refractivity contribution in [1.82, 2.24) is 24.1 Å². The second-order valence-corrected chi connectivity index (χ2v) is 18.6. The van der Waals surface area contributed by atoms with E-state index in [1.807, 2.05) is 12.1 Å². The smallest absolute Gasteiger partial charge is 0.166 e. The molecule has 0 aliphatic rings. The summed E-state index contributed by atoms with van der Waals surface area (Å²) >= 11 is 1.79. The number of hydrogen-bond acceptors (Lipinski definition) is 5. The molecule has 0 amide bonds. The van der Waals surface area contributed by atoms with E-state index >= 15 is 0 Å². The second-order valence-electron chi connectivity index (χ2n) is 17.5. The molecule has 0 saturated carbocycles. The molecule has 0 unspecified atom stereocenters. The standard InChI is InChI=1S/C61H35N5OS/c1-2-16-40(17-3-1)65-49-22-10-6-18-41(49)47-33-38(27-30-51(47)65)59-62-60(39-26-28-44-43-20-9-13-25-55(43)68-56(44)35-39)64-61(63-59)46-29-31-54-57(45-21-8-12-24-53(45)67-54)58(46)66-50-23-11-7-19-42(50)48-32-36-14-4-5-15-37(36)34-52(48)66/h1-35H. The van der Waals surface area contributed by atoms with Gasteiger partial charge in [0, 0.05) is 69.5 Å². The molecule has 7 heteroatoms. The summed E-state index contributed by atoms with van der Waals surface area (Å²) in [4.78, 5) is 16.4. The molecule has 6 nitrogen and oxygen atoms in total. The lowest BCUT2D eigenvalue weighted by Gasteiger charge is -2.16. The van der Waals surface area contributed by atoms with Gasteiger partial charge in [-0.1, -0.05) is 127 Å². The van der Waals surface area contributed by atoms with Crippen LogP contribution in [-0.4, -0.2) is 24.1 Å². The van der Waals surface area contributed by atoms with E-state index in [-0.39, 0.29) is 0 Å². The summed E-state index contributed by atoms with van der Waals surface area (Å²) in [5.74, 6) is 1.77. The number of fused-ring (bicyclic) bond motifs is 13. The predicted molar refractivity (Wildman–Crippen MR) is 282 cm³/mol. The molecule has 15 rings (SSSR count). The van der Waals surface area contributed by atoms with Crippen molar-refractivity contribution < 1.29 is 4.42 Å². The Morgan fingerprint density at radius 2 is 0.941 bits per heavy atom. The summed E-state index contributed by atoms with van der Waals surface area (Å²) in [6.07, 6.45) is 0. The van der Waals surface area contributed by atoms with E-state index in [2.05, 4.69) is 209 Å². The molecule has 0 atom stereocenters. The minimum atomic E-state index is 0.571. The van der Waals surface area contributed by atoms with Crippen LogP contribution in [0.15, 0.2) is 217 Å². The summed E-state index contributed by atoms with van der Waals surface area (Å²) < 4.78 is 13.9. The van der Waals surface area contributed by atoms with Crippen LogP contribution in [0.2, 0.25) is 0 Å². The predicted octanol–water partition coefficient (Wildman–Crippen LogP) is 16.5. The summed E-state index contributed by atoms with van der Waals surface area (Å²) in [6, 6.07) is 75.5. The molecule has 0 spiro atoms. The summed E-state index contributed by atoms with van der Waals surface area (Å²) in [7, 11) is 0. The molecular formula is C61H35N5OS. The number of aromatic nitrogens is 5. The highest BCUT2D eigenvalue weighted by atomic mass is 32.1. The maximum absolute atomic E-state index is 6.67. The lowest BCUT2D eigenvalue weighted by Crippen LogP contribution is -2.04. The fraction of sp³-hybridized carbons (Fsp3) is 0. The van der Waals surface area contributed by atoms with E-state index in [1.54, 1.807) is 11.3 Å². The average molecular weight is 886 g/mol. The van der Waals surface area contributed by atoms with Crippen LogP contribution in [0.5, 0.6) is 0 Å². The minimum Gasteiger partial charge on any atom is -0.456 e. The van der Waals surface area contributed by atoms with E-state index in [0.29, 0.717) is 17.5 Å². The van der Waals surface area contributed by atoms with Crippen LogP contribution in [0, 0.1) is 0 Å². The molecule has 5 heterocycles. The van der Waals surface area contributed by atoms with Gasteiger partial charge in [0.05, 0.1) is 33.1 Å². The maximum Gasteiger partial charge on any atom is 0.166 e. The Morgan fingerprint density at radius 1 is 0.353 bits per heavy atom. The van der Waals surface area contributed by atoms with E-state index in [9.17, 15) is 0 Å². The van der Waals surface area contributed by atoms with Gasteiger partial charge in [0.2, 0.25) is 0 Å². The summed E-state index contributed by atoms with van der Waals surface area (Å²) in [5, 5.41) is 11.5. The third-order valence-corrected chi connectivity index (χ3v) is 14.9. The Morgan fingerprint density at radius 3 is 1.75 bits per heavy atom. The third kappa shape index (κ3) is 5.48. The van der Waals surface area contributed by atoms with E-state index < -0.39 is 0 Å². The van der Waals surface area contributed by atoms with Gasteiger partial charge in [0.25, 0.3) is 0 Å². The Labute approximate surface area is 392 Å². The minimum absolute atomic E-state index is 0.571. The lowest BCUT2D eigenvalue weighted by atomic mass is 10.0. The zero-order chi connectivity index (χ0) is 44.5. The van der Waals surface area contributed by atoms with Crippen LogP contribution in [-0.2, 0) is 0 Å².